The van der Waals surface area contributed by atoms with Crippen LogP contribution in [0.25, 0.3) is 11.1 Å². The molecule has 4 heteroatoms. The summed E-state index contributed by atoms with van der Waals surface area (Å²) in [5.41, 5.74) is 6.42. The number of ketones is 2. The standard InChI is InChI=1S/C27H36N2O2/c1-28(2)15-7-5-9-26(30)20-11-13-24-22(17-20)19-23-18-21(12-14-25(23)24)27(31)10-6-8-16-29(3)4/h11-14,17-18H,5-10,15-16,19H2,1-4H3. The second kappa shape index (κ2) is 10.8. The monoisotopic (exact) mass is 420 g/mol. The molecule has 0 atom stereocenters. The number of carbonyl (C=O) groups is 2. The number of hydrogen-bond donors (Lipinski definition) is 0. The zero-order valence-electron chi connectivity index (χ0n) is 19.5. The van der Waals surface area contributed by atoms with Crippen molar-refractivity contribution in [1.82, 2.24) is 9.80 Å². The van der Waals surface area contributed by atoms with E-state index in [4.69, 9.17) is 0 Å². The molecule has 0 unspecified atom stereocenters. The number of rotatable bonds is 12. The Morgan fingerprint density at radius 2 is 1.10 bits per heavy atom. The highest BCUT2D eigenvalue weighted by atomic mass is 16.1. The van der Waals surface area contributed by atoms with E-state index >= 15 is 0 Å². The molecule has 166 valence electrons. The van der Waals surface area contributed by atoms with Crippen LogP contribution in [0.15, 0.2) is 36.4 Å². The normalized spacial score (nSPS) is 12.3. The zero-order valence-corrected chi connectivity index (χ0v) is 19.5. The van der Waals surface area contributed by atoms with E-state index in [0.29, 0.717) is 12.8 Å². The molecule has 0 aromatic heterocycles. The molecule has 0 radical (unpaired) electrons. The fraction of sp³-hybridized carbons (Fsp3) is 0.481. The van der Waals surface area contributed by atoms with Crippen molar-refractivity contribution in [2.75, 3.05) is 41.3 Å². The lowest BCUT2D eigenvalue weighted by Gasteiger charge is -2.09. The molecule has 0 spiro atoms. The van der Waals surface area contributed by atoms with Gasteiger partial charge in [-0.25, -0.2) is 0 Å². The van der Waals surface area contributed by atoms with Gasteiger partial charge in [-0.2, -0.15) is 0 Å². The van der Waals surface area contributed by atoms with E-state index in [-0.39, 0.29) is 11.6 Å². The quantitative estimate of drug-likeness (QED) is 0.302. The van der Waals surface area contributed by atoms with Crippen LogP contribution in [0.5, 0.6) is 0 Å². The first-order valence-electron chi connectivity index (χ1n) is 11.5. The third-order valence-corrected chi connectivity index (χ3v) is 6.04. The molecule has 2 aromatic rings. The second-order valence-corrected chi connectivity index (χ2v) is 9.29. The van der Waals surface area contributed by atoms with Crippen LogP contribution in [0.2, 0.25) is 0 Å². The Balaban J connectivity index is 1.61. The highest BCUT2D eigenvalue weighted by Crippen LogP contribution is 2.37. The van der Waals surface area contributed by atoms with E-state index in [1.165, 1.54) is 22.3 Å². The van der Waals surface area contributed by atoms with Gasteiger partial charge in [-0.1, -0.05) is 24.3 Å². The second-order valence-electron chi connectivity index (χ2n) is 9.29. The predicted molar refractivity (Wildman–Crippen MR) is 128 cm³/mol. The number of hydrogen-bond acceptors (Lipinski definition) is 4. The topological polar surface area (TPSA) is 40.6 Å². The summed E-state index contributed by atoms with van der Waals surface area (Å²) >= 11 is 0. The molecule has 1 aliphatic carbocycles. The minimum Gasteiger partial charge on any atom is -0.309 e. The Bertz CT molecular complexity index is 855. The maximum atomic E-state index is 12.6. The lowest BCUT2D eigenvalue weighted by atomic mass is 9.98. The van der Waals surface area contributed by atoms with Crippen LogP contribution in [0, 0.1) is 0 Å². The maximum Gasteiger partial charge on any atom is 0.162 e. The Labute approximate surface area is 187 Å². The van der Waals surface area contributed by atoms with Crippen molar-refractivity contribution in [3.05, 3.63) is 58.7 Å². The summed E-state index contributed by atoms with van der Waals surface area (Å²) in [5.74, 6) is 0.456. The maximum absolute atomic E-state index is 12.6. The van der Waals surface area contributed by atoms with Gasteiger partial charge in [0.25, 0.3) is 0 Å². The fourth-order valence-corrected chi connectivity index (χ4v) is 4.27. The highest BCUT2D eigenvalue weighted by molar-refractivity contribution is 5.99. The van der Waals surface area contributed by atoms with Crippen molar-refractivity contribution in [3.8, 4) is 11.1 Å². The molecule has 3 rings (SSSR count). The third kappa shape index (κ3) is 6.34. The lowest BCUT2D eigenvalue weighted by Crippen LogP contribution is -2.13. The molecule has 31 heavy (non-hydrogen) atoms. The van der Waals surface area contributed by atoms with Gasteiger partial charge in [-0.05, 0) is 108 Å². The molecule has 2 aromatic carbocycles. The average Bonchev–Trinajstić information content (AvgIpc) is 3.10. The van der Waals surface area contributed by atoms with Crippen LogP contribution in [0.4, 0.5) is 0 Å². The number of carbonyl (C=O) groups excluding carboxylic acids is 2. The Hall–Kier alpha value is -2.30. The molecule has 4 nitrogen and oxygen atoms in total. The smallest absolute Gasteiger partial charge is 0.162 e. The van der Waals surface area contributed by atoms with Gasteiger partial charge in [0, 0.05) is 24.0 Å². The number of Topliss-reactive ketones (excluding diaryl/α,β-unsaturated/α-hetero) is 2. The molecule has 0 amide bonds. The molecule has 1 aliphatic rings. The van der Waals surface area contributed by atoms with E-state index in [2.05, 4.69) is 62.3 Å². The number of unbranched alkanes of at least 4 members (excludes halogenated alkanes) is 2. The van der Waals surface area contributed by atoms with Crippen molar-refractivity contribution < 1.29 is 9.59 Å². The van der Waals surface area contributed by atoms with Crippen LogP contribution in [0.1, 0.15) is 70.4 Å². The van der Waals surface area contributed by atoms with Crippen LogP contribution < -0.4 is 0 Å². The molecule has 0 aliphatic heterocycles. The lowest BCUT2D eigenvalue weighted by molar-refractivity contribution is 0.0970. The van der Waals surface area contributed by atoms with Crippen molar-refractivity contribution in [2.24, 2.45) is 0 Å². The van der Waals surface area contributed by atoms with Crippen LogP contribution in [-0.2, 0) is 6.42 Å². The third-order valence-electron chi connectivity index (χ3n) is 6.04. The summed E-state index contributed by atoms with van der Waals surface area (Å²) in [6, 6.07) is 12.2. The van der Waals surface area contributed by atoms with Crippen molar-refractivity contribution >= 4 is 11.6 Å². The summed E-state index contributed by atoms with van der Waals surface area (Å²) in [5, 5.41) is 0. The van der Waals surface area contributed by atoms with Gasteiger partial charge in [0.15, 0.2) is 11.6 Å². The minimum atomic E-state index is 0.228. The molecule has 0 saturated carbocycles. The van der Waals surface area contributed by atoms with E-state index in [0.717, 1.165) is 56.3 Å². The van der Waals surface area contributed by atoms with E-state index in [9.17, 15) is 9.59 Å². The minimum absolute atomic E-state index is 0.228. The van der Waals surface area contributed by atoms with Gasteiger partial charge in [-0.3, -0.25) is 9.59 Å². The molecular weight excluding hydrogens is 384 g/mol. The number of benzene rings is 2. The molecule has 0 fully saturated rings. The molecule has 0 N–H and O–H groups in total. The zero-order chi connectivity index (χ0) is 22.4. The Morgan fingerprint density at radius 1 is 0.677 bits per heavy atom. The predicted octanol–water partition coefficient (Wildman–Crippen LogP) is 5.09. The Morgan fingerprint density at radius 3 is 1.48 bits per heavy atom. The van der Waals surface area contributed by atoms with Gasteiger partial charge in [0.2, 0.25) is 0 Å². The summed E-state index contributed by atoms with van der Waals surface area (Å²) in [4.78, 5) is 29.5. The fourth-order valence-electron chi connectivity index (χ4n) is 4.27. The SMILES string of the molecule is CN(C)CCCCC(=O)c1ccc2c(c1)Cc1cc(C(=O)CCCCN(C)C)ccc1-2. The van der Waals surface area contributed by atoms with Crippen molar-refractivity contribution in [2.45, 2.75) is 44.9 Å². The molecular formula is C27H36N2O2. The Kier molecular flexibility index (Phi) is 8.16. The van der Waals surface area contributed by atoms with Crippen molar-refractivity contribution in [3.63, 3.8) is 0 Å². The van der Waals surface area contributed by atoms with Crippen molar-refractivity contribution in [1.29, 1.82) is 0 Å². The summed E-state index contributed by atoms with van der Waals surface area (Å²) < 4.78 is 0. The number of fused-ring (bicyclic) bond motifs is 3. The van der Waals surface area contributed by atoms with Crippen LogP contribution >= 0.6 is 0 Å². The van der Waals surface area contributed by atoms with E-state index in [1.54, 1.807) is 0 Å². The van der Waals surface area contributed by atoms with Crippen LogP contribution in [-0.4, -0.2) is 62.6 Å². The van der Waals surface area contributed by atoms with Gasteiger partial charge in [0.1, 0.15) is 0 Å². The van der Waals surface area contributed by atoms with Gasteiger partial charge >= 0.3 is 0 Å². The average molecular weight is 421 g/mol. The largest absolute Gasteiger partial charge is 0.309 e. The summed E-state index contributed by atoms with van der Waals surface area (Å²) in [6.07, 6.45) is 5.94. The van der Waals surface area contributed by atoms with E-state index in [1.807, 2.05) is 12.1 Å². The number of nitrogens with zero attached hydrogens (tertiary/aromatic N) is 2. The summed E-state index contributed by atoms with van der Waals surface area (Å²) in [6.45, 7) is 2.03. The summed E-state index contributed by atoms with van der Waals surface area (Å²) in [7, 11) is 8.24. The molecule has 0 bridgehead atoms. The van der Waals surface area contributed by atoms with Gasteiger partial charge < -0.3 is 9.80 Å². The van der Waals surface area contributed by atoms with Crippen LogP contribution in [0.3, 0.4) is 0 Å². The highest BCUT2D eigenvalue weighted by Gasteiger charge is 2.21. The first-order chi connectivity index (χ1) is 14.8. The van der Waals surface area contributed by atoms with Gasteiger partial charge in [-0.15, -0.1) is 0 Å². The van der Waals surface area contributed by atoms with Gasteiger partial charge in [0.05, 0.1) is 0 Å². The first kappa shape index (κ1) is 23.4. The van der Waals surface area contributed by atoms with E-state index < -0.39 is 0 Å². The first-order valence-corrected chi connectivity index (χ1v) is 11.5. The molecule has 0 heterocycles. The molecule has 0 saturated heterocycles.